The van der Waals surface area contributed by atoms with E-state index in [0.29, 0.717) is 41.7 Å². The van der Waals surface area contributed by atoms with Crippen molar-refractivity contribution in [2.24, 2.45) is 5.41 Å². The van der Waals surface area contributed by atoms with Crippen LogP contribution in [0.5, 0.6) is 0 Å². The van der Waals surface area contributed by atoms with Crippen molar-refractivity contribution in [1.29, 1.82) is 0 Å². The second-order valence-electron chi connectivity index (χ2n) is 9.73. The quantitative estimate of drug-likeness (QED) is 0.478. The number of nitrogens with zero attached hydrogens (tertiary/aromatic N) is 3. The van der Waals surface area contributed by atoms with Crippen LogP contribution in [0.3, 0.4) is 0 Å². The molecule has 0 aliphatic heterocycles. The molecule has 3 aliphatic carbocycles. The number of nitrogens with one attached hydrogen (secondary N) is 1. The number of aromatic nitrogens is 3. The number of hydrogen-bond donors (Lipinski definition) is 2. The second-order valence-corrected chi connectivity index (χ2v) is 10.1. The lowest BCUT2D eigenvalue weighted by molar-refractivity contribution is -0.223. The van der Waals surface area contributed by atoms with E-state index in [1.807, 2.05) is 19.9 Å². The number of rotatable bonds is 6. The van der Waals surface area contributed by atoms with E-state index in [-0.39, 0.29) is 22.1 Å². The average Bonchev–Trinajstić information content (AvgIpc) is 2.70. The zero-order chi connectivity index (χ0) is 24.6. The van der Waals surface area contributed by atoms with E-state index in [4.69, 9.17) is 16.6 Å². The first-order valence-electron chi connectivity index (χ1n) is 10.9. The Hall–Kier alpha value is -3.07. The van der Waals surface area contributed by atoms with Gasteiger partial charge in [0.2, 0.25) is 6.43 Å². The zero-order valence-electron chi connectivity index (χ0n) is 18.8. The summed E-state index contributed by atoms with van der Waals surface area (Å²) in [6.45, 7) is 5.38. The van der Waals surface area contributed by atoms with Crippen LogP contribution < -0.4 is 10.9 Å². The number of alkyl halides is 2. The van der Waals surface area contributed by atoms with Gasteiger partial charge in [0.25, 0.3) is 5.56 Å². The summed E-state index contributed by atoms with van der Waals surface area (Å²) < 4.78 is 28.3. The lowest BCUT2D eigenvalue weighted by atomic mass is 9.34. The van der Waals surface area contributed by atoms with Crippen molar-refractivity contribution in [2.75, 3.05) is 5.32 Å². The van der Waals surface area contributed by atoms with Gasteiger partial charge in [0.15, 0.2) is 5.69 Å². The van der Waals surface area contributed by atoms with Gasteiger partial charge >= 0.3 is 5.97 Å². The molecular weight excluding hydrogens is 466 g/mol. The Morgan fingerprint density at radius 1 is 1.24 bits per heavy atom. The molecule has 34 heavy (non-hydrogen) atoms. The van der Waals surface area contributed by atoms with Gasteiger partial charge in [-0.3, -0.25) is 9.20 Å². The Labute approximate surface area is 198 Å². The SMILES string of the molecule is Cc1cc([C@@H](C)Nc2ccc(Cl)nc2C(=O)O)c2nc(C34CC(C(F)F)(C3)C4)c(C)c(=O)n2c1. The molecule has 0 spiro atoms. The molecule has 3 aromatic heterocycles. The molecule has 1 atom stereocenters. The molecule has 2 bridgehead atoms. The molecule has 10 heteroatoms. The summed E-state index contributed by atoms with van der Waals surface area (Å²) >= 11 is 5.86. The van der Waals surface area contributed by atoms with Gasteiger partial charge in [-0.15, -0.1) is 0 Å². The monoisotopic (exact) mass is 488 g/mol. The van der Waals surface area contributed by atoms with Crippen LogP contribution in [0.2, 0.25) is 5.15 Å². The van der Waals surface area contributed by atoms with Crippen molar-refractivity contribution in [3.05, 3.63) is 68.0 Å². The minimum absolute atomic E-state index is 0.0603. The molecule has 0 radical (unpaired) electrons. The number of anilines is 1. The van der Waals surface area contributed by atoms with Crippen molar-refractivity contribution in [3.63, 3.8) is 0 Å². The van der Waals surface area contributed by atoms with Gasteiger partial charge in [-0.25, -0.2) is 23.5 Å². The molecule has 178 valence electrons. The number of carboxylic acids is 1. The molecule has 3 saturated carbocycles. The van der Waals surface area contributed by atoms with Gasteiger partial charge < -0.3 is 10.4 Å². The summed E-state index contributed by atoms with van der Waals surface area (Å²) in [5, 5.41) is 12.7. The van der Waals surface area contributed by atoms with Gasteiger partial charge in [0.05, 0.1) is 17.4 Å². The number of carboxylic acid groups (broad SMARTS) is 1. The Kier molecular flexibility index (Phi) is 4.99. The molecule has 2 N–H and O–H groups in total. The Balaban J connectivity index is 1.59. The van der Waals surface area contributed by atoms with Crippen molar-refractivity contribution < 1.29 is 18.7 Å². The third kappa shape index (κ3) is 3.20. The third-order valence-electron chi connectivity index (χ3n) is 7.25. The smallest absolute Gasteiger partial charge is 0.356 e. The molecule has 3 aliphatic rings. The van der Waals surface area contributed by atoms with E-state index in [2.05, 4.69) is 10.3 Å². The predicted molar refractivity (Wildman–Crippen MR) is 123 cm³/mol. The van der Waals surface area contributed by atoms with Gasteiger partial charge in [-0.05, 0) is 63.8 Å². The minimum Gasteiger partial charge on any atom is -0.476 e. The highest BCUT2D eigenvalue weighted by Crippen LogP contribution is 2.75. The molecule has 6 rings (SSSR count). The number of hydrogen-bond acceptors (Lipinski definition) is 5. The normalized spacial score (nSPS) is 24.0. The van der Waals surface area contributed by atoms with E-state index in [9.17, 15) is 23.5 Å². The van der Waals surface area contributed by atoms with Crippen molar-refractivity contribution in [3.8, 4) is 0 Å². The van der Waals surface area contributed by atoms with Crippen LogP contribution in [-0.4, -0.2) is 31.9 Å². The first-order chi connectivity index (χ1) is 16.0. The average molecular weight is 489 g/mol. The molecular formula is C24H23ClF2N4O3. The van der Waals surface area contributed by atoms with Crippen LogP contribution in [-0.2, 0) is 5.41 Å². The largest absolute Gasteiger partial charge is 0.476 e. The Bertz CT molecular complexity index is 1400. The van der Waals surface area contributed by atoms with Crippen molar-refractivity contribution >= 4 is 28.9 Å². The first-order valence-corrected chi connectivity index (χ1v) is 11.3. The number of aromatic carboxylic acids is 1. The lowest BCUT2D eigenvalue weighted by Crippen LogP contribution is -2.68. The number of halogens is 3. The molecule has 7 nitrogen and oxygen atoms in total. The summed E-state index contributed by atoms with van der Waals surface area (Å²) in [6, 6.07) is 4.46. The van der Waals surface area contributed by atoms with Gasteiger partial charge in [0, 0.05) is 28.2 Å². The minimum atomic E-state index is -2.37. The molecule has 3 heterocycles. The van der Waals surface area contributed by atoms with E-state index in [1.165, 1.54) is 16.5 Å². The maximum Gasteiger partial charge on any atom is 0.356 e. The molecule has 0 saturated heterocycles. The van der Waals surface area contributed by atoms with Crippen LogP contribution in [0.1, 0.15) is 65.1 Å². The standard InChI is InChI=1S/C24H23ClF2N4O3/c1-11-6-14(13(3)28-15-4-5-16(25)29-17(15)21(33)34)19-30-18(12(2)20(32)31(19)7-11)23-8-24(9-23,10-23)22(26)27/h4-7,13,22,28H,8-10H2,1-3H3,(H,33,34)/t13-,23?,24?/m1/s1. The van der Waals surface area contributed by atoms with Crippen molar-refractivity contribution in [1.82, 2.24) is 14.4 Å². The maximum atomic E-state index is 13.4. The fourth-order valence-corrected chi connectivity index (χ4v) is 5.85. The fourth-order valence-electron chi connectivity index (χ4n) is 5.71. The molecule has 0 aromatic carbocycles. The maximum absolute atomic E-state index is 13.4. The van der Waals surface area contributed by atoms with Crippen LogP contribution in [0.4, 0.5) is 14.5 Å². The van der Waals surface area contributed by atoms with E-state index in [1.54, 1.807) is 13.1 Å². The van der Waals surface area contributed by atoms with Crippen LogP contribution in [0, 0.1) is 19.3 Å². The molecule has 0 unspecified atom stereocenters. The fraction of sp³-hybridized carbons (Fsp3) is 0.417. The topological polar surface area (TPSA) is 96.6 Å². The summed E-state index contributed by atoms with van der Waals surface area (Å²) in [7, 11) is 0. The van der Waals surface area contributed by atoms with Crippen molar-refractivity contribution in [2.45, 2.75) is 57.9 Å². The first kappa shape index (κ1) is 22.7. The van der Waals surface area contributed by atoms with E-state index in [0.717, 1.165) is 5.56 Å². The number of pyridine rings is 2. The highest BCUT2D eigenvalue weighted by molar-refractivity contribution is 6.29. The van der Waals surface area contributed by atoms with Gasteiger partial charge in [0.1, 0.15) is 10.8 Å². The number of carbonyl (C=O) groups is 1. The summed E-state index contributed by atoms with van der Waals surface area (Å²) in [6.07, 6.45) is 0.361. The third-order valence-corrected chi connectivity index (χ3v) is 7.46. The van der Waals surface area contributed by atoms with Crippen LogP contribution in [0.25, 0.3) is 5.65 Å². The highest BCUT2D eigenvalue weighted by Gasteiger charge is 2.73. The van der Waals surface area contributed by atoms with Gasteiger partial charge in [-0.1, -0.05) is 11.6 Å². The van der Waals surface area contributed by atoms with Crippen LogP contribution >= 0.6 is 11.6 Å². The molecule has 0 amide bonds. The number of fused-ring (bicyclic) bond motifs is 1. The Morgan fingerprint density at radius 2 is 1.91 bits per heavy atom. The Morgan fingerprint density at radius 3 is 2.53 bits per heavy atom. The summed E-state index contributed by atoms with van der Waals surface area (Å²) in [4.78, 5) is 33.7. The lowest BCUT2D eigenvalue weighted by Gasteiger charge is -2.69. The van der Waals surface area contributed by atoms with Gasteiger partial charge in [-0.2, -0.15) is 0 Å². The van der Waals surface area contributed by atoms with Crippen LogP contribution in [0.15, 0.2) is 29.2 Å². The van der Waals surface area contributed by atoms with E-state index >= 15 is 0 Å². The predicted octanol–water partition coefficient (Wildman–Crippen LogP) is 4.92. The second kappa shape index (κ2) is 7.46. The van der Waals surface area contributed by atoms with E-state index < -0.39 is 29.3 Å². The summed E-state index contributed by atoms with van der Waals surface area (Å²) in [5.74, 6) is -1.23. The molecule has 3 aromatic rings. The highest BCUT2D eigenvalue weighted by atomic mass is 35.5. The molecule has 3 fully saturated rings. The summed E-state index contributed by atoms with van der Waals surface area (Å²) in [5.41, 5.74) is 1.42. The number of aryl methyl sites for hydroxylation is 1. The zero-order valence-corrected chi connectivity index (χ0v) is 19.6.